The molecule has 0 radical (unpaired) electrons. The topological polar surface area (TPSA) is 106 Å². The average Bonchev–Trinajstić information content (AvgIpc) is 3.10. The molecule has 0 aliphatic heterocycles. The van der Waals surface area contributed by atoms with Crippen molar-refractivity contribution in [3.8, 4) is 0 Å². The van der Waals surface area contributed by atoms with E-state index in [0.717, 1.165) is 0 Å². The lowest BCUT2D eigenvalue weighted by atomic mass is 10.0. The largest absolute Gasteiger partial charge is 0.313 e. The van der Waals surface area contributed by atoms with Crippen LogP contribution in [-0.2, 0) is 0 Å². The second-order valence-electron chi connectivity index (χ2n) is 7.18. The number of nitro benzene ring substituents is 1. The summed E-state index contributed by atoms with van der Waals surface area (Å²) >= 11 is 0. The van der Waals surface area contributed by atoms with Gasteiger partial charge in [0, 0.05) is 35.0 Å². The summed E-state index contributed by atoms with van der Waals surface area (Å²) < 4.78 is 15.0. The lowest BCUT2D eigenvalue weighted by Crippen LogP contribution is -2.17. The molecule has 0 spiro atoms. The number of hydrogen-bond donors (Lipinski definition) is 1. The van der Waals surface area contributed by atoms with Gasteiger partial charge < -0.3 is 4.40 Å². The van der Waals surface area contributed by atoms with Gasteiger partial charge in [0.05, 0.1) is 22.3 Å². The van der Waals surface area contributed by atoms with Crippen LogP contribution in [0, 0.1) is 22.9 Å². The number of nitrogens with zero attached hydrogens (tertiary/aromatic N) is 3. The van der Waals surface area contributed by atoms with Crippen LogP contribution in [0.4, 0.5) is 10.1 Å². The predicted octanol–water partition coefficient (Wildman–Crippen LogP) is 4.29. The highest BCUT2D eigenvalue weighted by atomic mass is 19.1. The monoisotopic (exact) mass is 444 g/mol. The van der Waals surface area contributed by atoms with Gasteiger partial charge in [-0.05, 0) is 61.0 Å². The third-order valence-corrected chi connectivity index (χ3v) is 5.16. The fourth-order valence-corrected chi connectivity index (χ4v) is 3.49. The Morgan fingerprint density at radius 3 is 2.36 bits per heavy atom. The minimum atomic E-state index is -0.550. The van der Waals surface area contributed by atoms with Crippen molar-refractivity contribution in [2.45, 2.75) is 6.92 Å². The van der Waals surface area contributed by atoms with E-state index in [-0.39, 0.29) is 17.0 Å². The number of carbonyl (C=O) groups excluding carboxylic acids is 2. The molecule has 2 heterocycles. The molecule has 1 N–H and O–H groups in total. The van der Waals surface area contributed by atoms with Crippen molar-refractivity contribution in [3.05, 3.63) is 117 Å². The highest BCUT2D eigenvalue weighted by molar-refractivity contribution is 6.12. The maximum Gasteiger partial charge on any atom is 0.271 e. The van der Waals surface area contributed by atoms with Crippen molar-refractivity contribution in [3.63, 3.8) is 0 Å². The quantitative estimate of drug-likeness (QED) is 0.207. The first-order valence-electron chi connectivity index (χ1n) is 9.84. The second-order valence-corrected chi connectivity index (χ2v) is 7.18. The van der Waals surface area contributed by atoms with Gasteiger partial charge in [-0.2, -0.15) is 5.10 Å². The number of non-ortho nitro benzene ring substituents is 1. The van der Waals surface area contributed by atoms with Gasteiger partial charge >= 0.3 is 0 Å². The number of fused-ring (bicyclic) bond motifs is 1. The number of carbonyl (C=O) groups is 2. The van der Waals surface area contributed by atoms with Crippen LogP contribution in [0.5, 0.6) is 0 Å². The zero-order chi connectivity index (χ0) is 23.5. The Labute approximate surface area is 187 Å². The van der Waals surface area contributed by atoms with Gasteiger partial charge in [0.15, 0.2) is 0 Å². The first-order chi connectivity index (χ1) is 15.9. The molecule has 33 heavy (non-hydrogen) atoms. The lowest BCUT2D eigenvalue weighted by Gasteiger charge is -2.04. The van der Waals surface area contributed by atoms with Gasteiger partial charge in [0.25, 0.3) is 11.6 Å². The highest BCUT2D eigenvalue weighted by Crippen LogP contribution is 2.24. The summed E-state index contributed by atoms with van der Waals surface area (Å²) in [5.74, 6) is -1.24. The van der Waals surface area contributed by atoms with Gasteiger partial charge in [-0.3, -0.25) is 19.7 Å². The number of nitrogens with one attached hydrogen (secondary N) is 1. The summed E-state index contributed by atoms with van der Waals surface area (Å²) in [5.41, 5.74) is 5.20. The van der Waals surface area contributed by atoms with Gasteiger partial charge in [0.2, 0.25) is 5.78 Å². The number of ketones is 1. The average molecular weight is 444 g/mol. The number of amides is 1. The Morgan fingerprint density at radius 2 is 1.70 bits per heavy atom. The van der Waals surface area contributed by atoms with Crippen molar-refractivity contribution in [2.24, 2.45) is 5.10 Å². The van der Waals surface area contributed by atoms with Crippen molar-refractivity contribution < 1.29 is 18.9 Å². The second kappa shape index (κ2) is 8.83. The lowest BCUT2D eigenvalue weighted by molar-refractivity contribution is -0.384. The molecule has 4 rings (SSSR count). The van der Waals surface area contributed by atoms with Crippen molar-refractivity contribution in [2.75, 3.05) is 0 Å². The molecule has 4 aromatic rings. The molecule has 1 amide bonds. The number of hydrogen-bond acceptors (Lipinski definition) is 5. The van der Waals surface area contributed by atoms with Crippen molar-refractivity contribution >= 4 is 29.1 Å². The Morgan fingerprint density at radius 1 is 1.03 bits per heavy atom. The van der Waals surface area contributed by atoms with Crippen LogP contribution in [0.3, 0.4) is 0 Å². The zero-order valence-corrected chi connectivity index (χ0v) is 17.4. The van der Waals surface area contributed by atoms with Crippen LogP contribution in [0.2, 0.25) is 0 Å². The summed E-state index contributed by atoms with van der Waals surface area (Å²) in [7, 11) is 0. The van der Waals surface area contributed by atoms with Gasteiger partial charge in [-0.15, -0.1) is 0 Å². The number of benzene rings is 2. The smallest absolute Gasteiger partial charge is 0.271 e. The number of aromatic nitrogens is 1. The fourth-order valence-electron chi connectivity index (χ4n) is 3.49. The van der Waals surface area contributed by atoms with Crippen LogP contribution in [-0.4, -0.2) is 27.2 Å². The number of rotatable bonds is 6. The van der Waals surface area contributed by atoms with E-state index in [2.05, 4.69) is 10.5 Å². The van der Waals surface area contributed by atoms with Crippen molar-refractivity contribution in [1.29, 1.82) is 0 Å². The Hall–Kier alpha value is -4.66. The van der Waals surface area contributed by atoms with Gasteiger partial charge in [-0.25, -0.2) is 9.82 Å². The van der Waals surface area contributed by atoms with E-state index in [1.807, 2.05) is 12.1 Å². The highest BCUT2D eigenvalue weighted by Gasteiger charge is 2.21. The molecule has 0 saturated heterocycles. The number of halogens is 1. The van der Waals surface area contributed by atoms with Crippen molar-refractivity contribution in [1.82, 2.24) is 9.83 Å². The molecule has 2 aromatic carbocycles. The van der Waals surface area contributed by atoms with Gasteiger partial charge in [-0.1, -0.05) is 6.07 Å². The Kier molecular flexibility index (Phi) is 5.77. The first-order valence-corrected chi connectivity index (χ1v) is 9.84. The van der Waals surface area contributed by atoms with Crippen LogP contribution in [0.25, 0.3) is 5.52 Å². The third kappa shape index (κ3) is 4.24. The van der Waals surface area contributed by atoms with Crippen LogP contribution < -0.4 is 5.43 Å². The van der Waals surface area contributed by atoms with E-state index in [1.54, 1.807) is 23.6 Å². The summed E-state index contributed by atoms with van der Waals surface area (Å²) in [4.78, 5) is 35.6. The SMILES string of the molecule is Cc1c(C=NNC(=O)c2ccc([N+](=O)[O-])cc2)c2ccccn2c1C(=O)c1ccc(F)cc1. The number of pyridine rings is 1. The molecule has 0 fully saturated rings. The van der Waals surface area contributed by atoms with E-state index >= 15 is 0 Å². The first kappa shape index (κ1) is 21.6. The maximum absolute atomic E-state index is 13.3. The summed E-state index contributed by atoms with van der Waals surface area (Å²) in [6, 6.07) is 15.9. The fraction of sp³-hybridized carbons (Fsp3) is 0.0417. The minimum absolute atomic E-state index is 0.121. The molecule has 164 valence electrons. The van der Waals surface area contributed by atoms with E-state index in [4.69, 9.17) is 0 Å². The molecular formula is C24H17FN4O4. The maximum atomic E-state index is 13.3. The molecule has 2 aromatic heterocycles. The number of hydrazone groups is 1. The molecule has 0 aliphatic rings. The standard InChI is InChI=1S/C24H17FN4O4/c1-15-20(14-26-27-24(31)17-7-11-19(12-8-17)29(32)33)21-4-2-3-13-28(21)22(15)23(30)16-5-9-18(25)10-6-16/h2-14H,1H3,(H,27,31). The van der Waals surface area contributed by atoms with Crippen LogP contribution in [0.15, 0.2) is 78.0 Å². The van der Waals surface area contributed by atoms with E-state index < -0.39 is 16.6 Å². The summed E-state index contributed by atoms with van der Waals surface area (Å²) in [5, 5.41) is 14.8. The minimum Gasteiger partial charge on any atom is -0.313 e. The summed E-state index contributed by atoms with van der Waals surface area (Å²) in [6.07, 6.45) is 3.18. The van der Waals surface area contributed by atoms with E-state index in [0.29, 0.717) is 27.9 Å². The molecule has 0 atom stereocenters. The molecule has 9 heteroatoms. The molecule has 0 saturated carbocycles. The third-order valence-electron chi connectivity index (χ3n) is 5.16. The number of nitro groups is 1. The molecule has 0 unspecified atom stereocenters. The van der Waals surface area contributed by atoms with E-state index in [9.17, 15) is 24.1 Å². The summed E-state index contributed by atoms with van der Waals surface area (Å²) in [6.45, 7) is 1.77. The molecule has 0 aliphatic carbocycles. The molecule has 0 bridgehead atoms. The molecule has 8 nitrogen and oxygen atoms in total. The van der Waals surface area contributed by atoms with E-state index in [1.165, 1.54) is 54.7 Å². The molecular weight excluding hydrogens is 427 g/mol. The Balaban J connectivity index is 1.63. The zero-order valence-electron chi connectivity index (χ0n) is 17.4. The van der Waals surface area contributed by atoms with Gasteiger partial charge in [0.1, 0.15) is 5.82 Å². The predicted molar refractivity (Wildman–Crippen MR) is 120 cm³/mol. The normalized spacial score (nSPS) is 11.1. The van der Waals surface area contributed by atoms with Crippen LogP contribution >= 0.6 is 0 Å². The van der Waals surface area contributed by atoms with Crippen LogP contribution in [0.1, 0.15) is 37.5 Å². The Bertz CT molecular complexity index is 1410.